The van der Waals surface area contributed by atoms with Crippen LogP contribution in [0.25, 0.3) is 0 Å². The van der Waals surface area contributed by atoms with Crippen molar-refractivity contribution < 1.29 is 8.42 Å². The van der Waals surface area contributed by atoms with E-state index >= 15 is 0 Å². The van der Waals surface area contributed by atoms with Crippen molar-refractivity contribution in [2.45, 2.75) is 11.8 Å². The lowest BCUT2D eigenvalue weighted by atomic mass is 10.1. The Bertz CT molecular complexity index is 519. The van der Waals surface area contributed by atoms with Gasteiger partial charge in [0.05, 0.1) is 11.6 Å². The van der Waals surface area contributed by atoms with Crippen LogP contribution in [0.2, 0.25) is 0 Å². The number of halogens is 2. The second-order valence-electron chi connectivity index (χ2n) is 2.60. The first-order valence-electron chi connectivity index (χ1n) is 3.52. The first kappa shape index (κ1) is 11.5. The van der Waals surface area contributed by atoms with Crippen molar-refractivity contribution in [3.63, 3.8) is 0 Å². The molecular weight excluding hydrogens is 290 g/mol. The Morgan fingerprint density at radius 3 is 2.50 bits per heavy atom. The fraction of sp³-hybridized carbons (Fsp3) is 0.125. The maximum Gasteiger partial charge on any atom is 0.262 e. The van der Waals surface area contributed by atoms with Crippen molar-refractivity contribution in [2.75, 3.05) is 0 Å². The van der Waals surface area contributed by atoms with E-state index in [4.69, 9.17) is 15.9 Å². The van der Waals surface area contributed by atoms with Crippen molar-refractivity contribution in [3.8, 4) is 6.07 Å². The smallest absolute Gasteiger partial charge is 0.207 e. The molecule has 0 radical (unpaired) electrons. The van der Waals surface area contributed by atoms with Gasteiger partial charge in [0, 0.05) is 15.2 Å². The van der Waals surface area contributed by atoms with E-state index in [1.165, 1.54) is 12.1 Å². The molecule has 1 rings (SSSR count). The average molecular weight is 295 g/mol. The molecule has 74 valence electrons. The zero-order valence-electron chi connectivity index (χ0n) is 7.08. The monoisotopic (exact) mass is 293 g/mol. The van der Waals surface area contributed by atoms with E-state index in [-0.39, 0.29) is 4.90 Å². The third-order valence-electron chi connectivity index (χ3n) is 1.72. The summed E-state index contributed by atoms with van der Waals surface area (Å²) in [5.74, 6) is 0. The Kier molecular flexibility index (Phi) is 3.20. The second-order valence-corrected chi connectivity index (χ2v) is 5.96. The van der Waals surface area contributed by atoms with Crippen molar-refractivity contribution in [1.29, 1.82) is 5.26 Å². The van der Waals surface area contributed by atoms with E-state index in [2.05, 4.69) is 15.9 Å². The molecule has 0 unspecified atom stereocenters. The van der Waals surface area contributed by atoms with Crippen LogP contribution < -0.4 is 0 Å². The Morgan fingerprint density at radius 2 is 2.07 bits per heavy atom. The molecule has 0 aliphatic carbocycles. The van der Waals surface area contributed by atoms with Crippen molar-refractivity contribution >= 4 is 35.7 Å². The lowest BCUT2D eigenvalue weighted by Gasteiger charge is -2.05. The molecule has 0 aromatic heterocycles. The first-order chi connectivity index (χ1) is 6.38. The third-order valence-corrected chi connectivity index (χ3v) is 4.12. The summed E-state index contributed by atoms with van der Waals surface area (Å²) in [5.41, 5.74) is 0.657. The summed E-state index contributed by atoms with van der Waals surface area (Å²) in [6.07, 6.45) is 0. The minimum atomic E-state index is -3.82. The normalized spacial score (nSPS) is 11.0. The number of rotatable bonds is 1. The summed E-state index contributed by atoms with van der Waals surface area (Å²) in [6, 6.07) is 4.91. The molecule has 0 bridgehead atoms. The molecule has 1 aromatic rings. The molecule has 0 fully saturated rings. The molecule has 0 N–H and O–H groups in total. The van der Waals surface area contributed by atoms with Gasteiger partial charge >= 0.3 is 0 Å². The molecule has 6 heteroatoms. The number of hydrogen-bond donors (Lipinski definition) is 0. The highest BCUT2D eigenvalue weighted by atomic mass is 79.9. The van der Waals surface area contributed by atoms with Crippen LogP contribution in [0.1, 0.15) is 11.1 Å². The predicted octanol–water partition coefficient (Wildman–Crippen LogP) is 2.56. The molecule has 0 atom stereocenters. The largest absolute Gasteiger partial charge is 0.262 e. The topological polar surface area (TPSA) is 57.9 Å². The molecule has 0 heterocycles. The SMILES string of the molecule is Cc1c(C#N)ccc(Br)c1S(=O)(=O)Cl. The molecule has 0 saturated carbocycles. The molecule has 3 nitrogen and oxygen atoms in total. The van der Waals surface area contributed by atoms with Crippen LogP contribution in [-0.2, 0) is 9.05 Å². The van der Waals surface area contributed by atoms with E-state index in [1.807, 2.05) is 6.07 Å². The molecule has 0 amide bonds. The van der Waals surface area contributed by atoms with Gasteiger partial charge in [0.15, 0.2) is 0 Å². The van der Waals surface area contributed by atoms with E-state index < -0.39 is 9.05 Å². The van der Waals surface area contributed by atoms with Gasteiger partial charge in [-0.15, -0.1) is 0 Å². The van der Waals surface area contributed by atoms with Gasteiger partial charge in [-0.1, -0.05) is 0 Å². The molecule has 14 heavy (non-hydrogen) atoms. The van der Waals surface area contributed by atoms with Crippen LogP contribution in [0.5, 0.6) is 0 Å². The summed E-state index contributed by atoms with van der Waals surface area (Å²) >= 11 is 3.07. The average Bonchev–Trinajstić information content (AvgIpc) is 2.02. The fourth-order valence-corrected chi connectivity index (χ4v) is 3.80. The maximum atomic E-state index is 11.2. The minimum absolute atomic E-state index is 0.0433. The highest BCUT2D eigenvalue weighted by Gasteiger charge is 2.19. The molecule has 0 aliphatic heterocycles. The maximum absolute atomic E-state index is 11.2. The zero-order chi connectivity index (χ0) is 10.9. The van der Waals surface area contributed by atoms with E-state index in [9.17, 15) is 8.42 Å². The first-order valence-corrected chi connectivity index (χ1v) is 6.62. The van der Waals surface area contributed by atoms with Crippen LogP contribution >= 0.6 is 26.6 Å². The lowest BCUT2D eigenvalue weighted by molar-refractivity contribution is 0.608. The van der Waals surface area contributed by atoms with Crippen LogP contribution in [-0.4, -0.2) is 8.42 Å². The zero-order valence-corrected chi connectivity index (χ0v) is 10.2. The Morgan fingerprint density at radius 1 is 1.50 bits per heavy atom. The molecular formula is C8H5BrClNO2S. The predicted molar refractivity (Wildman–Crippen MR) is 56.6 cm³/mol. The number of hydrogen-bond acceptors (Lipinski definition) is 3. The van der Waals surface area contributed by atoms with Gasteiger partial charge in [-0.3, -0.25) is 0 Å². The molecule has 1 aromatic carbocycles. The lowest BCUT2D eigenvalue weighted by Crippen LogP contribution is -1.98. The van der Waals surface area contributed by atoms with Gasteiger partial charge in [-0.25, -0.2) is 8.42 Å². The quantitative estimate of drug-likeness (QED) is 0.748. The Labute approximate surface area is 94.9 Å². The Hall–Kier alpha value is -0.570. The van der Waals surface area contributed by atoms with E-state index in [0.29, 0.717) is 15.6 Å². The van der Waals surface area contributed by atoms with E-state index in [0.717, 1.165) is 0 Å². The number of benzene rings is 1. The third kappa shape index (κ3) is 2.08. The van der Waals surface area contributed by atoms with Gasteiger partial charge in [0.1, 0.15) is 4.90 Å². The van der Waals surface area contributed by atoms with Crippen LogP contribution in [0.3, 0.4) is 0 Å². The van der Waals surface area contributed by atoms with Crippen molar-refractivity contribution in [2.24, 2.45) is 0 Å². The summed E-state index contributed by atoms with van der Waals surface area (Å²) < 4.78 is 22.7. The second kappa shape index (κ2) is 3.89. The van der Waals surface area contributed by atoms with Gasteiger partial charge in [0.2, 0.25) is 0 Å². The summed E-state index contributed by atoms with van der Waals surface area (Å²) in [5, 5.41) is 8.70. The van der Waals surface area contributed by atoms with Gasteiger partial charge in [0.25, 0.3) is 9.05 Å². The van der Waals surface area contributed by atoms with Crippen molar-refractivity contribution in [3.05, 3.63) is 27.7 Å². The number of nitriles is 1. The standard InChI is InChI=1S/C8H5BrClNO2S/c1-5-6(4-11)2-3-7(9)8(5)14(10,12)13/h2-3H,1H3. The van der Waals surface area contributed by atoms with Crippen LogP contribution in [0.4, 0.5) is 0 Å². The molecule has 0 spiro atoms. The summed E-state index contributed by atoms with van der Waals surface area (Å²) in [4.78, 5) is -0.0433. The van der Waals surface area contributed by atoms with Crippen LogP contribution in [0.15, 0.2) is 21.5 Å². The van der Waals surface area contributed by atoms with E-state index in [1.54, 1.807) is 6.92 Å². The van der Waals surface area contributed by atoms with Crippen LogP contribution in [0, 0.1) is 18.3 Å². The summed E-state index contributed by atoms with van der Waals surface area (Å²) in [7, 11) is 1.41. The minimum Gasteiger partial charge on any atom is -0.207 e. The highest BCUT2D eigenvalue weighted by molar-refractivity contribution is 9.10. The van der Waals surface area contributed by atoms with Gasteiger partial charge in [-0.05, 0) is 40.5 Å². The summed E-state index contributed by atoms with van der Waals surface area (Å²) in [6.45, 7) is 1.54. The Balaban J connectivity index is 3.68. The highest BCUT2D eigenvalue weighted by Crippen LogP contribution is 2.30. The van der Waals surface area contributed by atoms with Gasteiger partial charge < -0.3 is 0 Å². The van der Waals surface area contributed by atoms with Crippen molar-refractivity contribution in [1.82, 2.24) is 0 Å². The van der Waals surface area contributed by atoms with Gasteiger partial charge in [-0.2, -0.15) is 5.26 Å². The molecule has 0 saturated heterocycles. The molecule has 0 aliphatic rings. The number of nitrogens with zero attached hydrogens (tertiary/aromatic N) is 1. The fourth-order valence-electron chi connectivity index (χ4n) is 1.08.